The average molecular weight is 260 g/mol. The molecular formula is C14H16N2OS. The molecule has 0 radical (unpaired) electrons. The van der Waals surface area contributed by atoms with Crippen molar-refractivity contribution in [2.75, 3.05) is 7.11 Å². The molecule has 0 saturated heterocycles. The van der Waals surface area contributed by atoms with Crippen molar-refractivity contribution >= 4 is 11.8 Å². The Morgan fingerprint density at radius 1 is 1.22 bits per heavy atom. The molecular weight excluding hydrogens is 244 g/mol. The van der Waals surface area contributed by atoms with E-state index in [1.165, 1.54) is 0 Å². The summed E-state index contributed by atoms with van der Waals surface area (Å²) in [6.45, 7) is 1.97. The Hall–Kier alpha value is -1.52. The summed E-state index contributed by atoms with van der Waals surface area (Å²) < 4.78 is 5.13. The first-order valence-electron chi connectivity index (χ1n) is 5.72. The summed E-state index contributed by atoms with van der Waals surface area (Å²) in [5.74, 6) is 0.858. The molecule has 2 rings (SSSR count). The highest BCUT2D eigenvalue weighted by atomic mass is 32.2. The maximum atomic E-state index is 5.86. The fourth-order valence-corrected chi connectivity index (χ4v) is 2.35. The lowest BCUT2D eigenvalue weighted by Crippen LogP contribution is -2.04. The summed E-state index contributed by atoms with van der Waals surface area (Å²) in [4.78, 5) is 5.47. The highest BCUT2D eigenvalue weighted by Gasteiger charge is 2.03. The van der Waals surface area contributed by atoms with Gasteiger partial charge in [0.05, 0.1) is 7.11 Å². The molecule has 1 aromatic carbocycles. The lowest BCUT2D eigenvalue weighted by atomic mass is 10.1. The lowest BCUT2D eigenvalue weighted by molar-refractivity contribution is 0.414. The molecule has 0 aliphatic carbocycles. The first kappa shape index (κ1) is 12.9. The van der Waals surface area contributed by atoms with E-state index in [9.17, 15) is 0 Å². The Kier molecular flexibility index (Phi) is 4.23. The van der Waals surface area contributed by atoms with Gasteiger partial charge in [0.25, 0.3) is 0 Å². The van der Waals surface area contributed by atoms with Crippen LogP contribution < -0.4 is 10.5 Å². The van der Waals surface area contributed by atoms with Crippen LogP contribution in [0.15, 0.2) is 52.5 Å². The molecule has 2 N–H and O–H groups in total. The van der Waals surface area contributed by atoms with Crippen LogP contribution in [0.5, 0.6) is 5.75 Å². The molecule has 0 unspecified atom stereocenters. The first-order valence-corrected chi connectivity index (χ1v) is 6.54. The molecule has 1 heterocycles. The monoisotopic (exact) mass is 260 g/mol. The Labute approximate surface area is 111 Å². The van der Waals surface area contributed by atoms with E-state index in [-0.39, 0.29) is 6.04 Å². The Morgan fingerprint density at radius 2 is 1.94 bits per heavy atom. The Balaban J connectivity index is 2.15. The summed E-state index contributed by atoms with van der Waals surface area (Å²) in [6, 6.07) is 11.9. The third-order valence-electron chi connectivity index (χ3n) is 2.57. The van der Waals surface area contributed by atoms with Crippen LogP contribution in [0.2, 0.25) is 0 Å². The molecule has 1 atom stereocenters. The van der Waals surface area contributed by atoms with Gasteiger partial charge in [0.15, 0.2) is 0 Å². The minimum atomic E-state index is 0.0308. The molecule has 0 bridgehead atoms. The molecule has 0 aliphatic rings. The molecule has 0 fully saturated rings. The van der Waals surface area contributed by atoms with E-state index in [2.05, 4.69) is 4.98 Å². The van der Waals surface area contributed by atoms with E-state index in [0.29, 0.717) is 0 Å². The zero-order valence-corrected chi connectivity index (χ0v) is 11.3. The number of benzene rings is 1. The van der Waals surface area contributed by atoms with Crippen LogP contribution in [0.3, 0.4) is 0 Å². The number of methoxy groups -OCH3 is 1. The third-order valence-corrected chi connectivity index (χ3v) is 3.51. The van der Waals surface area contributed by atoms with Crippen molar-refractivity contribution < 1.29 is 4.74 Å². The van der Waals surface area contributed by atoms with Gasteiger partial charge in [-0.05, 0) is 48.9 Å². The molecule has 0 amide bonds. The van der Waals surface area contributed by atoms with E-state index in [1.807, 2.05) is 43.3 Å². The average Bonchev–Trinajstić information content (AvgIpc) is 2.40. The van der Waals surface area contributed by atoms with E-state index >= 15 is 0 Å². The summed E-state index contributed by atoms with van der Waals surface area (Å²) >= 11 is 1.62. The molecule has 3 nitrogen and oxygen atoms in total. The predicted molar refractivity (Wildman–Crippen MR) is 74.0 cm³/mol. The van der Waals surface area contributed by atoms with E-state index in [0.717, 1.165) is 21.2 Å². The second kappa shape index (κ2) is 5.89. The number of aromatic nitrogens is 1. The molecule has 94 valence electrons. The second-order valence-corrected chi connectivity index (χ2v) is 5.09. The van der Waals surface area contributed by atoms with Gasteiger partial charge in [-0.3, -0.25) is 0 Å². The minimum Gasteiger partial charge on any atom is -0.497 e. The van der Waals surface area contributed by atoms with Gasteiger partial charge in [0.1, 0.15) is 10.8 Å². The summed E-state index contributed by atoms with van der Waals surface area (Å²) in [6.07, 6.45) is 1.80. The van der Waals surface area contributed by atoms with Gasteiger partial charge < -0.3 is 10.5 Å². The van der Waals surface area contributed by atoms with Crippen molar-refractivity contribution in [1.82, 2.24) is 4.98 Å². The number of nitrogens with two attached hydrogens (primary N) is 1. The topological polar surface area (TPSA) is 48.1 Å². The Bertz CT molecular complexity index is 511. The van der Waals surface area contributed by atoms with Crippen LogP contribution >= 0.6 is 11.8 Å². The number of rotatable bonds is 4. The van der Waals surface area contributed by atoms with Crippen LogP contribution in [-0.2, 0) is 0 Å². The minimum absolute atomic E-state index is 0.0308. The van der Waals surface area contributed by atoms with Gasteiger partial charge in [0.2, 0.25) is 0 Å². The van der Waals surface area contributed by atoms with Crippen LogP contribution in [0, 0.1) is 0 Å². The highest BCUT2D eigenvalue weighted by molar-refractivity contribution is 7.99. The lowest BCUT2D eigenvalue weighted by Gasteiger charge is -2.07. The van der Waals surface area contributed by atoms with Crippen molar-refractivity contribution in [3.63, 3.8) is 0 Å². The largest absolute Gasteiger partial charge is 0.497 e. The predicted octanol–water partition coefficient (Wildman–Crippen LogP) is 3.26. The number of nitrogens with zero attached hydrogens (tertiary/aromatic N) is 1. The smallest absolute Gasteiger partial charge is 0.118 e. The maximum absolute atomic E-state index is 5.86. The van der Waals surface area contributed by atoms with Crippen LogP contribution in [0.1, 0.15) is 18.5 Å². The van der Waals surface area contributed by atoms with Gasteiger partial charge in [0, 0.05) is 17.1 Å². The number of hydrogen-bond acceptors (Lipinski definition) is 4. The molecule has 2 aromatic rings. The summed E-state index contributed by atoms with van der Waals surface area (Å²) in [7, 11) is 1.66. The second-order valence-electron chi connectivity index (χ2n) is 3.99. The summed E-state index contributed by atoms with van der Waals surface area (Å²) in [5.41, 5.74) is 6.96. The quantitative estimate of drug-likeness (QED) is 0.916. The first-order chi connectivity index (χ1) is 8.69. The zero-order valence-electron chi connectivity index (χ0n) is 10.5. The number of pyridine rings is 1. The fraction of sp³-hybridized carbons (Fsp3) is 0.214. The zero-order chi connectivity index (χ0) is 13.0. The molecule has 4 heteroatoms. The SMILES string of the molecule is COc1ccc(Sc2cc([C@@H](C)N)ccn2)cc1. The third kappa shape index (κ3) is 3.24. The Morgan fingerprint density at radius 3 is 2.56 bits per heavy atom. The fourth-order valence-electron chi connectivity index (χ4n) is 1.53. The van der Waals surface area contributed by atoms with Gasteiger partial charge in [-0.2, -0.15) is 0 Å². The maximum Gasteiger partial charge on any atom is 0.118 e. The van der Waals surface area contributed by atoms with Crippen molar-refractivity contribution in [3.05, 3.63) is 48.2 Å². The molecule has 0 spiro atoms. The number of ether oxygens (including phenoxy) is 1. The standard InChI is InChI=1S/C14H16N2OS/c1-10(15)11-7-8-16-14(9-11)18-13-5-3-12(17-2)4-6-13/h3-10H,15H2,1-2H3/t10-/m1/s1. The van der Waals surface area contributed by atoms with Gasteiger partial charge >= 0.3 is 0 Å². The van der Waals surface area contributed by atoms with E-state index in [4.69, 9.17) is 10.5 Å². The van der Waals surface area contributed by atoms with Crippen molar-refractivity contribution in [3.8, 4) is 5.75 Å². The highest BCUT2D eigenvalue weighted by Crippen LogP contribution is 2.28. The normalized spacial score (nSPS) is 12.2. The molecule has 0 saturated carbocycles. The van der Waals surface area contributed by atoms with Crippen LogP contribution in [0.4, 0.5) is 0 Å². The van der Waals surface area contributed by atoms with Crippen LogP contribution in [0.25, 0.3) is 0 Å². The molecule has 18 heavy (non-hydrogen) atoms. The van der Waals surface area contributed by atoms with Crippen molar-refractivity contribution in [2.24, 2.45) is 5.73 Å². The molecule has 1 aromatic heterocycles. The van der Waals surface area contributed by atoms with Crippen LogP contribution in [-0.4, -0.2) is 12.1 Å². The van der Waals surface area contributed by atoms with Gasteiger partial charge in [-0.15, -0.1) is 0 Å². The summed E-state index contributed by atoms with van der Waals surface area (Å²) in [5, 5.41) is 0.954. The molecule has 0 aliphatic heterocycles. The van der Waals surface area contributed by atoms with E-state index in [1.54, 1.807) is 25.1 Å². The van der Waals surface area contributed by atoms with Crippen molar-refractivity contribution in [1.29, 1.82) is 0 Å². The van der Waals surface area contributed by atoms with Crippen molar-refractivity contribution in [2.45, 2.75) is 22.9 Å². The van der Waals surface area contributed by atoms with E-state index < -0.39 is 0 Å². The van der Waals surface area contributed by atoms with Gasteiger partial charge in [-0.25, -0.2) is 4.98 Å². The van der Waals surface area contributed by atoms with Gasteiger partial charge in [-0.1, -0.05) is 11.8 Å². The number of hydrogen-bond donors (Lipinski definition) is 1.